The summed E-state index contributed by atoms with van der Waals surface area (Å²) in [4.78, 5) is 19.9. The van der Waals surface area contributed by atoms with Gasteiger partial charge in [0.15, 0.2) is 0 Å². The molecule has 0 aliphatic carbocycles. The number of alkyl halides is 3. The molecule has 10 heteroatoms. The summed E-state index contributed by atoms with van der Waals surface area (Å²) in [7, 11) is 0. The third kappa shape index (κ3) is 4.37. The van der Waals surface area contributed by atoms with E-state index in [2.05, 4.69) is 25.7 Å². The maximum Gasteiger partial charge on any atom is 0.416 e. The highest BCUT2D eigenvalue weighted by Crippen LogP contribution is 2.30. The Bertz CT molecular complexity index is 1220. The maximum absolute atomic E-state index is 12.6. The fourth-order valence-electron chi connectivity index (χ4n) is 3.05. The first-order chi connectivity index (χ1) is 14.7. The second-order valence-corrected chi connectivity index (χ2v) is 7.25. The van der Waals surface area contributed by atoms with Gasteiger partial charge in [-0.1, -0.05) is 0 Å². The van der Waals surface area contributed by atoms with E-state index in [4.69, 9.17) is 0 Å². The monoisotopic (exact) mass is 428 g/mol. The first kappa shape index (κ1) is 20.5. The van der Waals surface area contributed by atoms with Crippen molar-refractivity contribution in [3.8, 4) is 11.3 Å². The first-order valence-electron chi connectivity index (χ1n) is 9.48. The van der Waals surface area contributed by atoms with Crippen LogP contribution >= 0.6 is 0 Å². The minimum atomic E-state index is -4.43. The summed E-state index contributed by atoms with van der Waals surface area (Å²) in [6.45, 7) is 4.07. The molecular weight excluding hydrogens is 409 g/mol. The Morgan fingerprint density at radius 3 is 2.48 bits per heavy atom. The molecular formula is C21H19F3N6O. The second-order valence-electron chi connectivity index (χ2n) is 7.25. The average molecular weight is 428 g/mol. The van der Waals surface area contributed by atoms with Gasteiger partial charge in [-0.05, 0) is 50.2 Å². The molecule has 0 atom stereocenters. The topological polar surface area (TPSA) is 87.6 Å². The van der Waals surface area contributed by atoms with Gasteiger partial charge in [0.25, 0.3) is 0 Å². The van der Waals surface area contributed by atoms with E-state index in [9.17, 15) is 18.0 Å². The van der Waals surface area contributed by atoms with Gasteiger partial charge in [0, 0.05) is 35.1 Å². The third-order valence-corrected chi connectivity index (χ3v) is 4.68. The molecule has 3 aromatic heterocycles. The van der Waals surface area contributed by atoms with Crippen molar-refractivity contribution in [1.82, 2.24) is 19.7 Å². The Labute approximate surface area is 175 Å². The number of carbonyl (C=O) groups is 1. The number of pyridine rings is 1. The lowest BCUT2D eigenvalue weighted by molar-refractivity contribution is -0.137. The van der Waals surface area contributed by atoms with Crippen molar-refractivity contribution in [1.29, 1.82) is 0 Å². The molecule has 3 N–H and O–H groups in total. The second kappa shape index (κ2) is 7.78. The quantitative estimate of drug-likeness (QED) is 0.391. The normalized spacial score (nSPS) is 11.8. The number of benzene rings is 1. The molecule has 0 unspecified atom stereocenters. The first-order valence-corrected chi connectivity index (χ1v) is 9.48. The average Bonchev–Trinajstić information content (AvgIpc) is 3.35. The molecule has 7 nitrogen and oxygen atoms in total. The highest BCUT2D eigenvalue weighted by atomic mass is 19.4. The Hall–Kier alpha value is -3.82. The van der Waals surface area contributed by atoms with E-state index < -0.39 is 17.8 Å². The van der Waals surface area contributed by atoms with Gasteiger partial charge in [0.05, 0.1) is 23.1 Å². The number of hydrogen-bond donors (Lipinski definition) is 3. The summed E-state index contributed by atoms with van der Waals surface area (Å²) >= 11 is 0. The van der Waals surface area contributed by atoms with Crippen LogP contribution in [0.4, 0.5) is 29.3 Å². The molecule has 1 aromatic carbocycles. The minimum Gasteiger partial charge on any atom is -0.344 e. The van der Waals surface area contributed by atoms with Crippen molar-refractivity contribution in [3.05, 3.63) is 60.6 Å². The number of aromatic amines is 1. The van der Waals surface area contributed by atoms with Crippen LogP contribution in [-0.2, 0) is 6.18 Å². The number of H-pyrrole nitrogens is 1. The number of halogens is 3. The number of hydrogen-bond acceptors (Lipinski definition) is 3. The lowest BCUT2D eigenvalue weighted by Crippen LogP contribution is -2.19. The molecule has 0 bridgehead atoms. The molecule has 4 rings (SSSR count). The van der Waals surface area contributed by atoms with Crippen LogP contribution in [0, 0.1) is 0 Å². The van der Waals surface area contributed by atoms with Crippen molar-refractivity contribution in [3.63, 3.8) is 0 Å². The van der Waals surface area contributed by atoms with Crippen LogP contribution in [0.3, 0.4) is 0 Å². The number of urea groups is 1. The summed E-state index contributed by atoms with van der Waals surface area (Å²) in [5, 5.41) is 10.2. The molecule has 0 saturated carbocycles. The molecule has 31 heavy (non-hydrogen) atoms. The van der Waals surface area contributed by atoms with Crippen molar-refractivity contribution in [2.24, 2.45) is 0 Å². The van der Waals surface area contributed by atoms with Gasteiger partial charge >= 0.3 is 12.2 Å². The fraction of sp³-hybridized carbons (Fsp3) is 0.190. The maximum atomic E-state index is 12.6. The number of fused-ring (bicyclic) bond motifs is 1. The number of anilines is 2. The zero-order valence-electron chi connectivity index (χ0n) is 16.7. The summed E-state index contributed by atoms with van der Waals surface area (Å²) in [6, 6.07) is 7.53. The predicted octanol–water partition coefficient (Wildman–Crippen LogP) is 5.67. The lowest BCUT2D eigenvalue weighted by Gasteiger charge is -2.09. The van der Waals surface area contributed by atoms with E-state index in [-0.39, 0.29) is 11.7 Å². The van der Waals surface area contributed by atoms with Crippen LogP contribution in [0.1, 0.15) is 25.5 Å². The van der Waals surface area contributed by atoms with Crippen molar-refractivity contribution in [2.75, 3.05) is 10.6 Å². The van der Waals surface area contributed by atoms with Crippen molar-refractivity contribution in [2.45, 2.75) is 26.1 Å². The number of rotatable bonds is 4. The third-order valence-electron chi connectivity index (χ3n) is 4.68. The van der Waals surface area contributed by atoms with Crippen LogP contribution in [0.25, 0.3) is 22.3 Å². The van der Waals surface area contributed by atoms with Crippen LogP contribution in [-0.4, -0.2) is 25.8 Å². The van der Waals surface area contributed by atoms with E-state index in [1.807, 2.05) is 36.9 Å². The van der Waals surface area contributed by atoms with E-state index in [0.29, 0.717) is 16.7 Å². The molecule has 0 fully saturated rings. The Balaban J connectivity index is 1.48. The Kier molecular flexibility index (Phi) is 5.14. The van der Waals surface area contributed by atoms with Gasteiger partial charge in [-0.3, -0.25) is 4.68 Å². The van der Waals surface area contributed by atoms with Gasteiger partial charge in [0.1, 0.15) is 5.65 Å². The highest BCUT2D eigenvalue weighted by molar-refractivity contribution is 6.05. The number of carbonyl (C=O) groups excluding carboxylic acids is 1. The van der Waals surface area contributed by atoms with E-state index in [0.717, 1.165) is 23.4 Å². The summed E-state index contributed by atoms with van der Waals surface area (Å²) in [5.74, 6) is 0. The molecule has 0 spiro atoms. The Morgan fingerprint density at radius 1 is 1.10 bits per heavy atom. The lowest BCUT2D eigenvalue weighted by atomic mass is 10.2. The van der Waals surface area contributed by atoms with Gasteiger partial charge in [-0.15, -0.1) is 0 Å². The molecule has 4 aromatic rings. The molecule has 0 saturated heterocycles. The zero-order chi connectivity index (χ0) is 22.2. The van der Waals surface area contributed by atoms with E-state index >= 15 is 0 Å². The standard InChI is InChI=1S/C21H19F3N6O/c1-12(2)30-11-13(9-26-30)17-8-7-16-18(10-25-19(16)28-17)29-20(31)27-15-5-3-14(4-6-15)21(22,23)24/h3-12H,1-2H3,(H,25,28)(H2,27,29,31). The fourth-order valence-corrected chi connectivity index (χ4v) is 3.05. The summed E-state index contributed by atoms with van der Waals surface area (Å²) in [6.07, 6.45) is 0.835. The molecule has 3 heterocycles. The summed E-state index contributed by atoms with van der Waals surface area (Å²) in [5.41, 5.74) is 2.15. The number of aromatic nitrogens is 4. The van der Waals surface area contributed by atoms with Crippen LogP contribution in [0.15, 0.2) is 55.0 Å². The Morgan fingerprint density at radius 2 is 1.84 bits per heavy atom. The molecule has 160 valence electrons. The highest BCUT2D eigenvalue weighted by Gasteiger charge is 2.30. The zero-order valence-corrected chi connectivity index (χ0v) is 16.7. The molecule has 0 radical (unpaired) electrons. The number of nitrogens with zero attached hydrogens (tertiary/aromatic N) is 3. The van der Waals surface area contributed by atoms with Crippen LogP contribution in [0.5, 0.6) is 0 Å². The molecule has 0 aliphatic rings. The predicted molar refractivity (Wildman–Crippen MR) is 112 cm³/mol. The van der Waals surface area contributed by atoms with E-state index in [1.54, 1.807) is 12.4 Å². The molecule has 0 aliphatic heterocycles. The molecule has 2 amide bonds. The number of amides is 2. The number of nitrogens with one attached hydrogen (secondary N) is 3. The summed E-state index contributed by atoms with van der Waals surface area (Å²) < 4.78 is 39.8. The van der Waals surface area contributed by atoms with Gasteiger partial charge in [-0.25, -0.2) is 9.78 Å². The largest absolute Gasteiger partial charge is 0.416 e. The van der Waals surface area contributed by atoms with E-state index in [1.165, 1.54) is 12.1 Å². The van der Waals surface area contributed by atoms with Gasteiger partial charge in [0.2, 0.25) is 0 Å². The van der Waals surface area contributed by atoms with Gasteiger partial charge < -0.3 is 15.6 Å². The van der Waals surface area contributed by atoms with Crippen molar-refractivity contribution < 1.29 is 18.0 Å². The van der Waals surface area contributed by atoms with Gasteiger partial charge in [-0.2, -0.15) is 18.3 Å². The minimum absolute atomic E-state index is 0.238. The van der Waals surface area contributed by atoms with Crippen molar-refractivity contribution >= 4 is 28.4 Å². The SMILES string of the molecule is CC(C)n1cc(-c2ccc3c(NC(=O)Nc4ccc(C(F)(F)F)cc4)c[nH]c3n2)cn1. The smallest absolute Gasteiger partial charge is 0.344 e. The van der Waals surface area contributed by atoms with Crippen LogP contribution < -0.4 is 10.6 Å². The van der Waals surface area contributed by atoms with Crippen LogP contribution in [0.2, 0.25) is 0 Å².